The number of nitro benzene ring substituents is 1. The summed E-state index contributed by atoms with van der Waals surface area (Å²) in [7, 11) is 3.12. The second-order valence-electron chi connectivity index (χ2n) is 5.90. The van der Waals surface area contributed by atoms with Crippen LogP contribution in [-0.2, 0) is 0 Å². The maximum absolute atomic E-state index is 14.0. The van der Waals surface area contributed by atoms with Crippen molar-refractivity contribution in [3.63, 3.8) is 0 Å². The van der Waals surface area contributed by atoms with Crippen molar-refractivity contribution in [1.29, 1.82) is 0 Å². The van der Waals surface area contributed by atoms with Gasteiger partial charge in [-0.05, 0) is 30.3 Å². The molecule has 0 saturated carbocycles. The van der Waals surface area contributed by atoms with Crippen LogP contribution in [0.5, 0.6) is 17.4 Å². The van der Waals surface area contributed by atoms with Gasteiger partial charge in [0.1, 0.15) is 17.9 Å². The van der Waals surface area contributed by atoms with Gasteiger partial charge in [0.25, 0.3) is 5.69 Å². The van der Waals surface area contributed by atoms with Crippen molar-refractivity contribution in [2.75, 3.05) is 24.4 Å². The summed E-state index contributed by atoms with van der Waals surface area (Å²) in [6, 6.07) is 10.6. The molecule has 1 N–H and O–H groups in total. The van der Waals surface area contributed by atoms with Gasteiger partial charge in [-0.2, -0.15) is 0 Å². The predicted molar refractivity (Wildman–Crippen MR) is 106 cm³/mol. The molecule has 1 aromatic heterocycles. The first-order chi connectivity index (χ1) is 14.4. The van der Waals surface area contributed by atoms with Crippen molar-refractivity contribution in [3.05, 3.63) is 70.8 Å². The summed E-state index contributed by atoms with van der Waals surface area (Å²) in [6.45, 7) is 0. The molecule has 0 unspecified atom stereocenters. The number of benzene rings is 2. The molecule has 0 atom stereocenters. The lowest BCUT2D eigenvalue weighted by molar-refractivity contribution is -0.385. The van der Waals surface area contributed by atoms with Crippen LogP contribution in [0, 0.1) is 15.9 Å². The summed E-state index contributed by atoms with van der Waals surface area (Å²) in [5, 5.41) is 13.3. The van der Waals surface area contributed by atoms with Gasteiger partial charge in [-0.25, -0.2) is 19.2 Å². The van der Waals surface area contributed by atoms with Crippen LogP contribution < -0.4 is 19.7 Å². The molecule has 0 radical (unpaired) electrons. The molecule has 0 aliphatic carbocycles. The number of methoxy groups -OCH3 is 1. The number of nitro groups is 1. The number of amides is 2. The van der Waals surface area contributed by atoms with E-state index < -0.39 is 22.5 Å². The van der Waals surface area contributed by atoms with E-state index >= 15 is 0 Å². The van der Waals surface area contributed by atoms with Crippen molar-refractivity contribution in [1.82, 2.24) is 9.97 Å². The standard InChI is InChI=1S/C19H16FN5O5/c1-24(12-3-6-14(29-2)7-4-12)19(26)23-17-10-18(22-11-21-17)30-16-8-5-13(25(27)28)9-15(16)20/h3-11H,1-2H3,(H,21,22,23,26). The van der Waals surface area contributed by atoms with Crippen molar-refractivity contribution >= 4 is 23.2 Å². The first-order valence-corrected chi connectivity index (χ1v) is 8.50. The number of halogens is 1. The Hall–Kier alpha value is -4.28. The molecule has 3 aromatic rings. The fourth-order valence-corrected chi connectivity index (χ4v) is 2.38. The highest BCUT2D eigenvalue weighted by atomic mass is 19.1. The second kappa shape index (κ2) is 8.82. The SMILES string of the molecule is COc1ccc(N(C)C(=O)Nc2cc(Oc3ccc([N+](=O)[O-])cc3F)ncn2)cc1. The van der Waals surface area contributed by atoms with E-state index in [1.54, 1.807) is 38.4 Å². The Morgan fingerprint density at radius 1 is 1.17 bits per heavy atom. The minimum Gasteiger partial charge on any atom is -0.497 e. The number of hydrogen-bond acceptors (Lipinski definition) is 7. The Morgan fingerprint density at radius 3 is 2.53 bits per heavy atom. The number of carbonyl (C=O) groups excluding carboxylic acids is 1. The maximum Gasteiger partial charge on any atom is 0.327 e. The average Bonchev–Trinajstić information content (AvgIpc) is 2.74. The lowest BCUT2D eigenvalue weighted by atomic mass is 10.3. The van der Waals surface area contributed by atoms with Crippen LogP contribution in [0.2, 0.25) is 0 Å². The maximum atomic E-state index is 14.0. The van der Waals surface area contributed by atoms with Gasteiger partial charge in [0, 0.05) is 24.9 Å². The summed E-state index contributed by atoms with van der Waals surface area (Å²) in [4.78, 5) is 31.6. The van der Waals surface area contributed by atoms with Gasteiger partial charge in [0.05, 0.1) is 18.1 Å². The summed E-state index contributed by atoms with van der Waals surface area (Å²) in [5.74, 6) is -0.462. The van der Waals surface area contributed by atoms with Gasteiger partial charge in [-0.3, -0.25) is 20.3 Å². The Morgan fingerprint density at radius 2 is 1.90 bits per heavy atom. The lowest BCUT2D eigenvalue weighted by Gasteiger charge is -2.18. The van der Waals surface area contributed by atoms with Crippen LogP contribution in [0.25, 0.3) is 0 Å². The molecule has 154 valence electrons. The number of non-ortho nitro benzene ring substituents is 1. The summed E-state index contributed by atoms with van der Waals surface area (Å²) < 4.78 is 24.4. The summed E-state index contributed by atoms with van der Waals surface area (Å²) in [5.41, 5.74) is 0.212. The third-order valence-corrected chi connectivity index (χ3v) is 3.98. The zero-order chi connectivity index (χ0) is 21.7. The molecule has 11 heteroatoms. The van der Waals surface area contributed by atoms with E-state index in [2.05, 4.69) is 15.3 Å². The number of carbonyl (C=O) groups is 1. The smallest absolute Gasteiger partial charge is 0.327 e. The molecule has 0 aliphatic rings. The zero-order valence-electron chi connectivity index (χ0n) is 15.9. The van der Waals surface area contributed by atoms with Gasteiger partial charge in [0.15, 0.2) is 11.6 Å². The average molecular weight is 413 g/mol. The Bertz CT molecular complexity index is 1080. The highest BCUT2D eigenvalue weighted by Gasteiger charge is 2.15. The molecular formula is C19H16FN5O5. The van der Waals surface area contributed by atoms with Crippen molar-refractivity contribution in [2.45, 2.75) is 0 Å². The molecule has 0 aliphatic heterocycles. The normalized spacial score (nSPS) is 10.2. The Kier molecular flexibility index (Phi) is 6.01. The first-order valence-electron chi connectivity index (χ1n) is 8.50. The van der Waals surface area contributed by atoms with E-state index in [-0.39, 0.29) is 17.4 Å². The van der Waals surface area contributed by atoms with Crippen molar-refractivity contribution in [2.24, 2.45) is 0 Å². The molecule has 30 heavy (non-hydrogen) atoms. The number of hydrogen-bond donors (Lipinski definition) is 1. The predicted octanol–water partition coefficient (Wildman–Crippen LogP) is 3.99. The fourth-order valence-electron chi connectivity index (χ4n) is 2.38. The third-order valence-electron chi connectivity index (χ3n) is 3.98. The highest BCUT2D eigenvalue weighted by Crippen LogP contribution is 2.27. The molecule has 3 rings (SSSR count). The van der Waals surface area contributed by atoms with E-state index in [1.807, 2.05) is 0 Å². The molecule has 2 amide bonds. The molecule has 10 nitrogen and oxygen atoms in total. The summed E-state index contributed by atoms with van der Waals surface area (Å²) in [6.07, 6.45) is 1.13. The number of aromatic nitrogens is 2. The van der Waals surface area contributed by atoms with Crippen molar-refractivity contribution < 1.29 is 23.6 Å². The van der Waals surface area contributed by atoms with E-state index in [9.17, 15) is 19.3 Å². The Balaban J connectivity index is 1.70. The van der Waals surface area contributed by atoms with E-state index in [1.165, 1.54) is 11.0 Å². The second-order valence-corrected chi connectivity index (χ2v) is 5.90. The first kappa shape index (κ1) is 20.5. The molecule has 0 spiro atoms. The number of rotatable bonds is 6. The molecule has 0 fully saturated rings. The molecule has 0 saturated heterocycles. The van der Waals surface area contributed by atoms with Crippen LogP contribution >= 0.6 is 0 Å². The minimum absolute atomic E-state index is 0.0554. The van der Waals surface area contributed by atoms with E-state index in [0.29, 0.717) is 11.4 Å². The monoisotopic (exact) mass is 413 g/mol. The van der Waals surface area contributed by atoms with Gasteiger partial charge in [0.2, 0.25) is 5.88 Å². The number of nitrogens with zero attached hydrogens (tertiary/aromatic N) is 4. The molecule has 0 bridgehead atoms. The molecular weight excluding hydrogens is 397 g/mol. The van der Waals surface area contributed by atoms with Crippen LogP contribution in [0.4, 0.5) is 26.4 Å². The highest BCUT2D eigenvalue weighted by molar-refractivity contribution is 6.00. The molecule has 1 heterocycles. The number of nitrogens with one attached hydrogen (secondary N) is 1. The van der Waals surface area contributed by atoms with E-state index in [0.717, 1.165) is 24.5 Å². The van der Waals surface area contributed by atoms with Gasteiger partial charge < -0.3 is 9.47 Å². The number of urea groups is 1. The third kappa shape index (κ3) is 4.76. The van der Waals surface area contributed by atoms with Crippen LogP contribution in [0.3, 0.4) is 0 Å². The topological polar surface area (TPSA) is 120 Å². The quantitative estimate of drug-likeness (QED) is 0.479. The lowest BCUT2D eigenvalue weighted by Crippen LogP contribution is -2.31. The van der Waals surface area contributed by atoms with Gasteiger partial charge in [-0.1, -0.05) is 0 Å². The van der Waals surface area contributed by atoms with Gasteiger partial charge >= 0.3 is 6.03 Å². The van der Waals surface area contributed by atoms with Crippen LogP contribution in [0.1, 0.15) is 0 Å². The van der Waals surface area contributed by atoms with Crippen LogP contribution in [-0.4, -0.2) is 35.1 Å². The van der Waals surface area contributed by atoms with Gasteiger partial charge in [-0.15, -0.1) is 0 Å². The molecule has 2 aromatic carbocycles. The van der Waals surface area contributed by atoms with Crippen molar-refractivity contribution in [3.8, 4) is 17.4 Å². The fraction of sp³-hybridized carbons (Fsp3) is 0.105. The zero-order valence-corrected chi connectivity index (χ0v) is 15.9. The number of ether oxygens (including phenoxy) is 2. The summed E-state index contributed by atoms with van der Waals surface area (Å²) >= 11 is 0. The largest absolute Gasteiger partial charge is 0.497 e. The minimum atomic E-state index is -0.923. The van der Waals surface area contributed by atoms with Crippen LogP contribution in [0.15, 0.2) is 54.9 Å². The Labute approximate surface area is 170 Å². The van der Waals surface area contributed by atoms with E-state index in [4.69, 9.17) is 9.47 Å². The number of anilines is 2.